The molecule has 1 saturated heterocycles. The highest BCUT2D eigenvalue weighted by Crippen LogP contribution is 2.42. The third-order valence-corrected chi connectivity index (χ3v) is 4.05. The number of nitrogens with zero attached hydrogens (tertiary/aromatic N) is 1. The minimum absolute atomic E-state index is 0. The quantitative estimate of drug-likeness (QED) is 0.439. The van der Waals surface area contributed by atoms with Gasteiger partial charge in [-0.2, -0.15) is 0 Å². The number of nitrogens with one attached hydrogen (secondary N) is 3. The van der Waals surface area contributed by atoms with Gasteiger partial charge in [-0.3, -0.25) is 14.5 Å². The molecule has 1 unspecified atom stereocenters. The normalized spacial score (nSPS) is 24.0. The molecule has 7 nitrogen and oxygen atoms in total. The average molecular weight is 333 g/mol. The molecule has 0 aromatic heterocycles. The topological polar surface area (TPSA) is 90.5 Å². The van der Waals surface area contributed by atoms with Crippen molar-refractivity contribution in [1.82, 2.24) is 20.9 Å². The number of hydrogen-bond donors (Lipinski definition) is 3. The second-order valence-corrected chi connectivity index (χ2v) is 5.90. The van der Waals surface area contributed by atoms with Gasteiger partial charge in [-0.15, -0.1) is 12.4 Å². The van der Waals surface area contributed by atoms with E-state index in [2.05, 4.69) is 22.9 Å². The van der Waals surface area contributed by atoms with E-state index < -0.39 is 11.6 Å². The molecule has 126 valence electrons. The minimum atomic E-state index is -0.819. The van der Waals surface area contributed by atoms with E-state index in [9.17, 15) is 14.4 Å². The van der Waals surface area contributed by atoms with Crippen molar-refractivity contribution in [2.45, 2.75) is 38.6 Å². The molecule has 0 spiro atoms. The molecule has 1 aliphatic carbocycles. The fourth-order valence-corrected chi connectivity index (χ4v) is 2.59. The van der Waals surface area contributed by atoms with Gasteiger partial charge in [-0.05, 0) is 38.6 Å². The summed E-state index contributed by atoms with van der Waals surface area (Å²) in [6, 6.07) is -0.464. The Bertz CT molecular complexity index is 442. The summed E-state index contributed by atoms with van der Waals surface area (Å²) in [5.74, 6) is -0.383. The average Bonchev–Trinajstić information content (AvgIpc) is 3.25. The van der Waals surface area contributed by atoms with Crippen molar-refractivity contribution >= 4 is 30.3 Å². The van der Waals surface area contributed by atoms with Crippen LogP contribution in [0.15, 0.2) is 0 Å². The molecule has 8 heteroatoms. The molecule has 1 saturated carbocycles. The SMILES string of the molecule is CCCNCCNC(=O)CN1C(=O)NC(C)(C2CC2)C1=O.Cl. The molecule has 0 aromatic rings. The predicted octanol–water partition coefficient (Wildman–Crippen LogP) is 0.245. The third-order valence-electron chi connectivity index (χ3n) is 4.05. The lowest BCUT2D eigenvalue weighted by Crippen LogP contribution is -2.47. The predicted molar refractivity (Wildman–Crippen MR) is 84.8 cm³/mol. The number of rotatable bonds is 8. The van der Waals surface area contributed by atoms with Gasteiger partial charge in [0.2, 0.25) is 5.91 Å². The van der Waals surface area contributed by atoms with Crippen LogP contribution in [-0.2, 0) is 9.59 Å². The maximum atomic E-state index is 12.3. The lowest BCUT2D eigenvalue weighted by molar-refractivity contribution is -0.135. The first-order valence-corrected chi connectivity index (χ1v) is 7.60. The molecule has 2 fully saturated rings. The van der Waals surface area contributed by atoms with Crippen molar-refractivity contribution in [2.75, 3.05) is 26.2 Å². The highest BCUT2D eigenvalue weighted by Gasteiger charge is 2.56. The van der Waals surface area contributed by atoms with E-state index in [4.69, 9.17) is 0 Å². The van der Waals surface area contributed by atoms with Gasteiger partial charge in [0.15, 0.2) is 0 Å². The van der Waals surface area contributed by atoms with E-state index in [1.165, 1.54) is 0 Å². The monoisotopic (exact) mass is 332 g/mol. The lowest BCUT2D eigenvalue weighted by Gasteiger charge is -2.20. The number of amides is 4. The molecule has 2 rings (SSSR count). The molecular formula is C14H25ClN4O3. The van der Waals surface area contributed by atoms with Crippen molar-refractivity contribution in [1.29, 1.82) is 0 Å². The van der Waals surface area contributed by atoms with Crippen LogP contribution in [0.25, 0.3) is 0 Å². The van der Waals surface area contributed by atoms with Crippen molar-refractivity contribution in [3.63, 3.8) is 0 Å². The molecule has 1 atom stereocenters. The highest BCUT2D eigenvalue weighted by molar-refractivity contribution is 6.09. The van der Waals surface area contributed by atoms with E-state index in [0.29, 0.717) is 13.1 Å². The number of imide groups is 1. The van der Waals surface area contributed by atoms with Crippen LogP contribution in [0, 0.1) is 5.92 Å². The Morgan fingerprint density at radius 2 is 2.00 bits per heavy atom. The van der Waals surface area contributed by atoms with Gasteiger partial charge in [0.1, 0.15) is 12.1 Å². The van der Waals surface area contributed by atoms with Crippen LogP contribution in [0.2, 0.25) is 0 Å². The first-order valence-electron chi connectivity index (χ1n) is 7.60. The van der Waals surface area contributed by atoms with Gasteiger partial charge in [-0.1, -0.05) is 6.92 Å². The molecule has 0 aromatic carbocycles. The number of carbonyl (C=O) groups excluding carboxylic acids is 3. The van der Waals surface area contributed by atoms with Gasteiger partial charge >= 0.3 is 6.03 Å². The van der Waals surface area contributed by atoms with E-state index in [-0.39, 0.29) is 36.7 Å². The van der Waals surface area contributed by atoms with Crippen molar-refractivity contribution in [3.05, 3.63) is 0 Å². The van der Waals surface area contributed by atoms with Crippen LogP contribution >= 0.6 is 12.4 Å². The maximum Gasteiger partial charge on any atom is 0.325 e. The first-order chi connectivity index (χ1) is 9.99. The Labute approximate surface area is 137 Å². The zero-order chi connectivity index (χ0) is 15.5. The molecule has 2 aliphatic rings. The van der Waals surface area contributed by atoms with Gasteiger partial charge < -0.3 is 16.0 Å². The summed E-state index contributed by atoms with van der Waals surface area (Å²) in [5, 5.41) is 8.60. The smallest absolute Gasteiger partial charge is 0.325 e. The number of halogens is 1. The first kappa shape index (κ1) is 18.7. The molecule has 3 N–H and O–H groups in total. The Balaban J connectivity index is 0.00000242. The van der Waals surface area contributed by atoms with Crippen LogP contribution in [0.4, 0.5) is 4.79 Å². The zero-order valence-electron chi connectivity index (χ0n) is 13.1. The minimum Gasteiger partial charge on any atom is -0.353 e. The summed E-state index contributed by atoms with van der Waals surface area (Å²) in [6.07, 6.45) is 2.94. The second kappa shape index (κ2) is 7.78. The molecule has 1 aliphatic heterocycles. The fourth-order valence-electron chi connectivity index (χ4n) is 2.59. The second-order valence-electron chi connectivity index (χ2n) is 5.90. The molecule has 0 bridgehead atoms. The van der Waals surface area contributed by atoms with Gasteiger partial charge in [0.25, 0.3) is 5.91 Å². The summed E-state index contributed by atoms with van der Waals surface area (Å²) >= 11 is 0. The summed E-state index contributed by atoms with van der Waals surface area (Å²) in [5.41, 5.74) is -0.819. The van der Waals surface area contributed by atoms with Gasteiger partial charge in [0, 0.05) is 13.1 Å². The van der Waals surface area contributed by atoms with Gasteiger partial charge in [0.05, 0.1) is 0 Å². The van der Waals surface area contributed by atoms with Gasteiger partial charge in [-0.25, -0.2) is 4.79 Å². The van der Waals surface area contributed by atoms with E-state index >= 15 is 0 Å². The Kier molecular flexibility index (Phi) is 6.62. The van der Waals surface area contributed by atoms with Crippen LogP contribution in [0.3, 0.4) is 0 Å². The molecule has 22 heavy (non-hydrogen) atoms. The number of hydrogen-bond acceptors (Lipinski definition) is 4. The molecule has 4 amide bonds. The fraction of sp³-hybridized carbons (Fsp3) is 0.786. The van der Waals surface area contributed by atoms with E-state index in [1.54, 1.807) is 6.92 Å². The molecule has 1 heterocycles. The van der Waals surface area contributed by atoms with Crippen molar-refractivity contribution in [3.8, 4) is 0 Å². The van der Waals surface area contributed by atoms with Crippen molar-refractivity contribution < 1.29 is 14.4 Å². The standard InChI is InChI=1S/C14H24N4O3.ClH/c1-3-6-15-7-8-16-11(19)9-18-12(20)14(2,10-4-5-10)17-13(18)21;/h10,15H,3-9H2,1-2H3,(H,16,19)(H,17,21);1H. The van der Waals surface area contributed by atoms with E-state index in [0.717, 1.165) is 30.7 Å². The summed E-state index contributed by atoms with van der Waals surface area (Å²) < 4.78 is 0. The van der Waals surface area contributed by atoms with Crippen LogP contribution in [0.5, 0.6) is 0 Å². The summed E-state index contributed by atoms with van der Waals surface area (Å²) in [4.78, 5) is 37.0. The van der Waals surface area contributed by atoms with E-state index in [1.807, 2.05) is 0 Å². The van der Waals surface area contributed by atoms with Crippen LogP contribution < -0.4 is 16.0 Å². The van der Waals surface area contributed by atoms with Crippen molar-refractivity contribution in [2.24, 2.45) is 5.92 Å². The zero-order valence-corrected chi connectivity index (χ0v) is 13.9. The number of urea groups is 1. The summed E-state index contributed by atoms with van der Waals surface area (Å²) in [6.45, 7) is 5.68. The maximum absolute atomic E-state index is 12.3. The van der Waals surface area contributed by atoms with Crippen LogP contribution in [0.1, 0.15) is 33.1 Å². The summed E-state index contributed by atoms with van der Waals surface area (Å²) in [7, 11) is 0. The Morgan fingerprint density at radius 3 is 2.59 bits per heavy atom. The Hall–Kier alpha value is -1.34. The van der Waals surface area contributed by atoms with Crippen LogP contribution in [-0.4, -0.2) is 54.5 Å². The molecule has 0 radical (unpaired) electrons. The molecular weight excluding hydrogens is 308 g/mol. The third kappa shape index (κ3) is 4.10. The highest BCUT2D eigenvalue weighted by atomic mass is 35.5. The Morgan fingerprint density at radius 1 is 1.32 bits per heavy atom. The largest absolute Gasteiger partial charge is 0.353 e. The number of carbonyl (C=O) groups is 3. The lowest BCUT2D eigenvalue weighted by atomic mass is 9.96.